The number of nitrogens with zero attached hydrogens (tertiary/aromatic N) is 3. The number of fused-ring (bicyclic) bond motifs is 1. The summed E-state index contributed by atoms with van der Waals surface area (Å²) in [6.07, 6.45) is 4.64. The fourth-order valence-corrected chi connectivity index (χ4v) is 3.90. The molecule has 1 saturated heterocycles. The van der Waals surface area contributed by atoms with E-state index in [1.807, 2.05) is 4.90 Å². The van der Waals surface area contributed by atoms with Gasteiger partial charge in [-0.3, -0.25) is 9.59 Å². The van der Waals surface area contributed by atoms with Crippen LogP contribution in [-0.2, 0) is 4.79 Å². The fourth-order valence-electron chi connectivity index (χ4n) is 3.90. The van der Waals surface area contributed by atoms with Crippen molar-refractivity contribution < 1.29 is 18.5 Å². The molecule has 0 saturated carbocycles. The maximum absolute atomic E-state index is 13.3. The van der Waals surface area contributed by atoms with Crippen molar-refractivity contribution in [2.24, 2.45) is 0 Å². The van der Waals surface area contributed by atoms with E-state index in [0.29, 0.717) is 27.9 Å². The minimum Gasteiger partial charge on any atom is -0.351 e. The van der Waals surface area contributed by atoms with E-state index in [-0.39, 0.29) is 36.3 Å². The Balaban J connectivity index is 1.50. The lowest BCUT2D eigenvalue weighted by Crippen LogP contribution is -2.35. The number of nitrogens with one attached hydrogen (secondary N) is 1. The SMILES string of the molecule is Cc1noc2nc(-c3ccc(F)cc3)cc(C(=O)NCCC(=O)N3CCCCCC3)c12. The summed E-state index contributed by atoms with van der Waals surface area (Å²) < 4.78 is 18.6. The zero-order valence-corrected chi connectivity index (χ0v) is 17.5. The van der Waals surface area contributed by atoms with Crippen LogP contribution in [0, 0.1) is 12.7 Å². The smallest absolute Gasteiger partial charge is 0.259 e. The molecule has 2 aromatic heterocycles. The van der Waals surface area contributed by atoms with Gasteiger partial charge in [0.25, 0.3) is 11.6 Å². The summed E-state index contributed by atoms with van der Waals surface area (Å²) in [6, 6.07) is 7.50. The number of rotatable bonds is 5. The maximum Gasteiger partial charge on any atom is 0.259 e. The van der Waals surface area contributed by atoms with E-state index in [0.717, 1.165) is 38.8 Å². The predicted molar refractivity (Wildman–Crippen MR) is 114 cm³/mol. The van der Waals surface area contributed by atoms with Gasteiger partial charge in [0.15, 0.2) is 0 Å². The van der Waals surface area contributed by atoms with Gasteiger partial charge in [-0.05, 0) is 50.1 Å². The van der Waals surface area contributed by atoms with Crippen LogP contribution in [0.2, 0.25) is 0 Å². The van der Waals surface area contributed by atoms with Gasteiger partial charge in [-0.25, -0.2) is 9.37 Å². The standard InChI is InChI=1S/C23H25FN4O3/c1-15-21-18(22(30)25-11-10-20(29)28-12-4-2-3-5-13-28)14-19(26-23(21)31-27-15)16-6-8-17(24)9-7-16/h6-9,14H,2-5,10-13H2,1H3,(H,25,30). The molecule has 3 heterocycles. The molecule has 0 unspecified atom stereocenters. The van der Waals surface area contributed by atoms with E-state index < -0.39 is 0 Å². The van der Waals surface area contributed by atoms with E-state index in [4.69, 9.17) is 4.52 Å². The first-order valence-electron chi connectivity index (χ1n) is 10.6. The third-order valence-electron chi connectivity index (χ3n) is 5.58. The largest absolute Gasteiger partial charge is 0.351 e. The van der Waals surface area contributed by atoms with Crippen LogP contribution in [0.1, 0.15) is 48.2 Å². The van der Waals surface area contributed by atoms with Gasteiger partial charge in [0.2, 0.25) is 5.91 Å². The van der Waals surface area contributed by atoms with Gasteiger partial charge in [0.1, 0.15) is 5.82 Å². The third kappa shape index (κ3) is 4.73. The van der Waals surface area contributed by atoms with Gasteiger partial charge in [0.05, 0.1) is 22.3 Å². The summed E-state index contributed by atoms with van der Waals surface area (Å²) in [5.41, 5.74) is 2.30. The Labute approximate surface area is 179 Å². The first-order valence-corrected chi connectivity index (χ1v) is 10.6. The number of amides is 2. The van der Waals surface area contributed by atoms with Crippen LogP contribution < -0.4 is 5.32 Å². The molecule has 31 heavy (non-hydrogen) atoms. The lowest BCUT2D eigenvalue weighted by atomic mass is 10.0. The van der Waals surface area contributed by atoms with Crippen LogP contribution in [0.15, 0.2) is 34.9 Å². The van der Waals surface area contributed by atoms with Crippen LogP contribution in [0.4, 0.5) is 4.39 Å². The predicted octanol–water partition coefficient (Wildman–Crippen LogP) is 3.86. The number of carbonyl (C=O) groups excluding carboxylic acids is 2. The molecule has 1 aromatic carbocycles. The van der Waals surface area contributed by atoms with E-state index in [1.54, 1.807) is 25.1 Å². The Morgan fingerprint density at radius 1 is 1.13 bits per heavy atom. The summed E-state index contributed by atoms with van der Waals surface area (Å²) in [6.45, 7) is 3.57. The highest BCUT2D eigenvalue weighted by atomic mass is 19.1. The van der Waals surface area contributed by atoms with Crippen molar-refractivity contribution in [3.05, 3.63) is 47.4 Å². The topological polar surface area (TPSA) is 88.3 Å². The van der Waals surface area contributed by atoms with Gasteiger partial charge in [-0.2, -0.15) is 0 Å². The molecule has 0 bridgehead atoms. The summed E-state index contributed by atoms with van der Waals surface area (Å²) in [7, 11) is 0. The molecule has 4 rings (SSSR count). The van der Waals surface area contributed by atoms with Gasteiger partial charge < -0.3 is 14.7 Å². The zero-order chi connectivity index (χ0) is 21.8. The van der Waals surface area contributed by atoms with E-state index in [1.165, 1.54) is 12.1 Å². The quantitative estimate of drug-likeness (QED) is 0.672. The number of carbonyl (C=O) groups is 2. The van der Waals surface area contributed by atoms with Crippen molar-refractivity contribution in [2.75, 3.05) is 19.6 Å². The molecular weight excluding hydrogens is 399 g/mol. The normalized spacial score (nSPS) is 14.5. The van der Waals surface area contributed by atoms with E-state index in [2.05, 4.69) is 15.5 Å². The second-order valence-corrected chi connectivity index (χ2v) is 7.81. The van der Waals surface area contributed by atoms with Gasteiger partial charge in [-0.15, -0.1) is 0 Å². The van der Waals surface area contributed by atoms with Crippen LogP contribution in [-0.4, -0.2) is 46.5 Å². The van der Waals surface area contributed by atoms with Crippen LogP contribution in [0.25, 0.3) is 22.4 Å². The number of pyridine rings is 1. The average Bonchev–Trinajstić information content (AvgIpc) is 2.97. The Morgan fingerprint density at radius 3 is 2.55 bits per heavy atom. The Morgan fingerprint density at radius 2 is 1.84 bits per heavy atom. The molecule has 1 aliphatic heterocycles. The molecule has 2 amide bonds. The highest BCUT2D eigenvalue weighted by Crippen LogP contribution is 2.27. The first-order chi connectivity index (χ1) is 15.0. The second-order valence-electron chi connectivity index (χ2n) is 7.81. The monoisotopic (exact) mass is 424 g/mol. The van der Waals surface area contributed by atoms with Crippen LogP contribution in [0.5, 0.6) is 0 Å². The fraction of sp³-hybridized carbons (Fsp3) is 0.391. The molecule has 162 valence electrons. The van der Waals surface area contributed by atoms with Crippen LogP contribution in [0.3, 0.4) is 0 Å². The molecule has 0 radical (unpaired) electrons. The first kappa shape index (κ1) is 21.0. The number of halogens is 1. The molecule has 7 nitrogen and oxygen atoms in total. The number of aromatic nitrogens is 2. The lowest BCUT2D eigenvalue weighted by molar-refractivity contribution is -0.131. The van der Waals surface area contributed by atoms with E-state index in [9.17, 15) is 14.0 Å². The average molecular weight is 424 g/mol. The highest BCUT2D eigenvalue weighted by Gasteiger charge is 2.20. The molecule has 1 N–H and O–H groups in total. The number of aryl methyl sites for hydroxylation is 1. The van der Waals surface area contributed by atoms with Crippen LogP contribution >= 0.6 is 0 Å². The zero-order valence-electron chi connectivity index (χ0n) is 17.5. The summed E-state index contributed by atoms with van der Waals surface area (Å²) in [5, 5.41) is 7.30. The van der Waals surface area contributed by atoms with Crippen molar-refractivity contribution in [2.45, 2.75) is 39.0 Å². The number of hydrogen-bond acceptors (Lipinski definition) is 5. The maximum atomic E-state index is 13.3. The molecule has 1 aliphatic rings. The summed E-state index contributed by atoms with van der Waals surface area (Å²) in [4.78, 5) is 31.8. The second kappa shape index (κ2) is 9.24. The van der Waals surface area contributed by atoms with Crippen molar-refractivity contribution in [3.8, 4) is 11.3 Å². The number of benzene rings is 1. The number of likely N-dealkylation sites (tertiary alicyclic amines) is 1. The third-order valence-corrected chi connectivity index (χ3v) is 5.58. The number of hydrogen-bond donors (Lipinski definition) is 1. The molecule has 1 fully saturated rings. The molecule has 0 atom stereocenters. The van der Waals surface area contributed by atoms with Crippen molar-refractivity contribution in [3.63, 3.8) is 0 Å². The molecule has 8 heteroatoms. The van der Waals surface area contributed by atoms with Crippen molar-refractivity contribution in [1.82, 2.24) is 20.4 Å². The highest BCUT2D eigenvalue weighted by molar-refractivity contribution is 6.07. The summed E-state index contributed by atoms with van der Waals surface area (Å²) >= 11 is 0. The van der Waals surface area contributed by atoms with Crippen molar-refractivity contribution >= 4 is 22.9 Å². The molecular formula is C23H25FN4O3. The molecule has 0 spiro atoms. The molecule has 3 aromatic rings. The van der Waals surface area contributed by atoms with E-state index >= 15 is 0 Å². The lowest BCUT2D eigenvalue weighted by Gasteiger charge is -2.20. The van der Waals surface area contributed by atoms with Gasteiger partial charge in [-0.1, -0.05) is 18.0 Å². The van der Waals surface area contributed by atoms with Crippen molar-refractivity contribution in [1.29, 1.82) is 0 Å². The van der Waals surface area contributed by atoms with Gasteiger partial charge in [0, 0.05) is 31.6 Å². The summed E-state index contributed by atoms with van der Waals surface area (Å²) in [5.74, 6) is -0.617. The minimum absolute atomic E-state index is 0.0650. The Hall–Kier alpha value is -3.29. The Bertz CT molecular complexity index is 1090. The molecule has 0 aliphatic carbocycles. The minimum atomic E-state index is -0.354. The Kier molecular flexibility index (Phi) is 6.25. The van der Waals surface area contributed by atoms with Gasteiger partial charge >= 0.3 is 0 Å².